The molecule has 0 unspecified atom stereocenters. The smallest absolute Gasteiger partial charge is 0.238 e. The minimum absolute atomic E-state index is 0.0108. The molecule has 158 valence electrons. The van der Waals surface area contributed by atoms with Crippen LogP contribution in [0.3, 0.4) is 0 Å². The van der Waals surface area contributed by atoms with Gasteiger partial charge < -0.3 is 10.2 Å². The Morgan fingerprint density at radius 2 is 1.70 bits per heavy atom. The van der Waals surface area contributed by atoms with Gasteiger partial charge in [0.05, 0.1) is 6.54 Å². The second kappa shape index (κ2) is 9.60. The molecule has 0 spiro atoms. The van der Waals surface area contributed by atoms with Crippen molar-refractivity contribution < 1.29 is 9.59 Å². The number of piperazine rings is 1. The standard InChI is InChI=1S/C23H27ClN4O2/c24-19-4-1-3-18(15-19)16-26-11-13-27(14-12-26)17-22(29)25-20-6-8-21(9-7-20)28-10-2-5-23(28)30/h1,3-4,6-9,15H,2,5,10-14,16-17H2,(H,25,29). The van der Waals surface area contributed by atoms with E-state index in [0.717, 1.165) is 62.1 Å². The number of anilines is 2. The average Bonchev–Trinajstić information content (AvgIpc) is 3.16. The van der Waals surface area contributed by atoms with Gasteiger partial charge in [-0.05, 0) is 48.4 Å². The Morgan fingerprint density at radius 1 is 0.967 bits per heavy atom. The summed E-state index contributed by atoms with van der Waals surface area (Å²) in [6, 6.07) is 15.5. The highest BCUT2D eigenvalue weighted by Gasteiger charge is 2.22. The van der Waals surface area contributed by atoms with E-state index in [1.807, 2.05) is 42.5 Å². The van der Waals surface area contributed by atoms with Crippen molar-refractivity contribution in [3.63, 3.8) is 0 Å². The highest BCUT2D eigenvalue weighted by atomic mass is 35.5. The summed E-state index contributed by atoms with van der Waals surface area (Å²) in [5, 5.41) is 3.73. The van der Waals surface area contributed by atoms with Crippen LogP contribution in [0.1, 0.15) is 18.4 Å². The second-order valence-electron chi connectivity index (χ2n) is 7.93. The zero-order valence-electron chi connectivity index (χ0n) is 17.0. The molecule has 2 amide bonds. The van der Waals surface area contributed by atoms with Crippen molar-refractivity contribution in [1.82, 2.24) is 9.80 Å². The van der Waals surface area contributed by atoms with E-state index in [1.165, 1.54) is 5.56 Å². The lowest BCUT2D eigenvalue weighted by Gasteiger charge is -2.34. The van der Waals surface area contributed by atoms with Gasteiger partial charge >= 0.3 is 0 Å². The van der Waals surface area contributed by atoms with E-state index in [2.05, 4.69) is 21.2 Å². The third kappa shape index (κ3) is 5.39. The van der Waals surface area contributed by atoms with Crippen LogP contribution in [0.2, 0.25) is 5.02 Å². The predicted molar refractivity (Wildman–Crippen MR) is 120 cm³/mol. The van der Waals surface area contributed by atoms with Gasteiger partial charge in [-0.1, -0.05) is 23.7 Å². The molecular formula is C23H27ClN4O2. The van der Waals surface area contributed by atoms with Crippen LogP contribution < -0.4 is 10.2 Å². The lowest BCUT2D eigenvalue weighted by atomic mass is 10.2. The van der Waals surface area contributed by atoms with Crippen molar-refractivity contribution in [2.45, 2.75) is 19.4 Å². The Kier molecular flexibility index (Phi) is 6.67. The van der Waals surface area contributed by atoms with Crippen LogP contribution in [0.15, 0.2) is 48.5 Å². The summed E-state index contributed by atoms with van der Waals surface area (Å²) in [5.74, 6) is 0.157. The molecule has 2 heterocycles. The molecule has 0 saturated carbocycles. The Bertz CT molecular complexity index is 894. The summed E-state index contributed by atoms with van der Waals surface area (Å²) in [4.78, 5) is 30.6. The first-order valence-electron chi connectivity index (χ1n) is 10.5. The number of hydrogen-bond donors (Lipinski definition) is 1. The Morgan fingerprint density at radius 3 is 2.37 bits per heavy atom. The summed E-state index contributed by atoms with van der Waals surface area (Å²) in [5.41, 5.74) is 2.87. The number of carbonyl (C=O) groups excluding carboxylic acids is 2. The molecule has 6 nitrogen and oxygen atoms in total. The maximum atomic E-state index is 12.4. The monoisotopic (exact) mass is 426 g/mol. The summed E-state index contributed by atoms with van der Waals surface area (Å²) in [7, 11) is 0. The van der Waals surface area contributed by atoms with Gasteiger partial charge in [-0.15, -0.1) is 0 Å². The fraction of sp³-hybridized carbons (Fsp3) is 0.391. The first-order chi connectivity index (χ1) is 14.6. The van der Waals surface area contributed by atoms with Crippen molar-refractivity contribution in [2.24, 2.45) is 0 Å². The lowest BCUT2D eigenvalue weighted by Crippen LogP contribution is -2.48. The number of nitrogens with zero attached hydrogens (tertiary/aromatic N) is 3. The lowest BCUT2D eigenvalue weighted by molar-refractivity contribution is -0.118. The number of carbonyl (C=O) groups is 2. The maximum Gasteiger partial charge on any atom is 0.238 e. The van der Waals surface area contributed by atoms with Crippen molar-refractivity contribution in [3.05, 3.63) is 59.1 Å². The molecular weight excluding hydrogens is 400 g/mol. The molecule has 0 aliphatic carbocycles. The van der Waals surface area contributed by atoms with E-state index in [0.29, 0.717) is 13.0 Å². The summed E-state index contributed by atoms with van der Waals surface area (Å²) in [6.45, 7) is 5.63. The first-order valence-corrected chi connectivity index (χ1v) is 10.8. The van der Waals surface area contributed by atoms with Gasteiger partial charge in [0, 0.05) is 62.1 Å². The molecule has 2 aromatic carbocycles. The molecule has 4 rings (SSSR count). The van der Waals surface area contributed by atoms with Gasteiger partial charge in [0.2, 0.25) is 11.8 Å². The normalized spacial score (nSPS) is 18.0. The zero-order valence-corrected chi connectivity index (χ0v) is 17.8. The van der Waals surface area contributed by atoms with Crippen LogP contribution in [-0.4, -0.2) is 60.9 Å². The molecule has 2 fully saturated rings. The molecule has 0 aromatic heterocycles. The molecule has 2 aliphatic rings. The van der Waals surface area contributed by atoms with Crippen LogP contribution >= 0.6 is 11.6 Å². The molecule has 30 heavy (non-hydrogen) atoms. The van der Waals surface area contributed by atoms with Crippen LogP contribution in [0.25, 0.3) is 0 Å². The SMILES string of the molecule is O=C(CN1CCN(Cc2cccc(Cl)c2)CC1)Nc1ccc(N2CCCC2=O)cc1. The number of rotatable bonds is 6. The molecule has 2 aromatic rings. The zero-order chi connectivity index (χ0) is 20.9. The van der Waals surface area contributed by atoms with E-state index in [-0.39, 0.29) is 11.8 Å². The van der Waals surface area contributed by atoms with Crippen LogP contribution in [0.4, 0.5) is 11.4 Å². The molecule has 0 radical (unpaired) electrons. The largest absolute Gasteiger partial charge is 0.325 e. The Hall–Kier alpha value is -2.41. The van der Waals surface area contributed by atoms with Crippen molar-refractivity contribution in [2.75, 3.05) is 49.5 Å². The summed E-state index contributed by atoms with van der Waals surface area (Å²) >= 11 is 6.07. The van der Waals surface area contributed by atoms with Gasteiger partial charge in [-0.2, -0.15) is 0 Å². The number of hydrogen-bond acceptors (Lipinski definition) is 4. The highest BCUT2D eigenvalue weighted by molar-refractivity contribution is 6.30. The number of amides is 2. The molecule has 7 heteroatoms. The maximum absolute atomic E-state index is 12.4. The van der Waals surface area contributed by atoms with Gasteiger partial charge in [-0.25, -0.2) is 0 Å². The van der Waals surface area contributed by atoms with Gasteiger partial charge in [-0.3, -0.25) is 19.4 Å². The first kappa shape index (κ1) is 20.8. The number of nitrogens with one attached hydrogen (secondary N) is 1. The quantitative estimate of drug-likeness (QED) is 0.770. The minimum Gasteiger partial charge on any atom is -0.325 e. The van der Waals surface area contributed by atoms with Crippen LogP contribution in [0, 0.1) is 0 Å². The van der Waals surface area contributed by atoms with E-state index in [4.69, 9.17) is 11.6 Å². The summed E-state index contributed by atoms with van der Waals surface area (Å²) < 4.78 is 0. The third-order valence-electron chi connectivity index (χ3n) is 5.66. The second-order valence-corrected chi connectivity index (χ2v) is 8.36. The van der Waals surface area contributed by atoms with E-state index in [1.54, 1.807) is 4.90 Å². The average molecular weight is 427 g/mol. The molecule has 0 bridgehead atoms. The van der Waals surface area contributed by atoms with Crippen molar-refractivity contribution in [3.8, 4) is 0 Å². The number of halogens is 1. The van der Waals surface area contributed by atoms with Gasteiger partial charge in [0.15, 0.2) is 0 Å². The fourth-order valence-corrected chi connectivity index (χ4v) is 4.26. The Labute approximate surface area is 182 Å². The number of benzene rings is 2. The van der Waals surface area contributed by atoms with Gasteiger partial charge in [0.1, 0.15) is 0 Å². The topological polar surface area (TPSA) is 55.9 Å². The van der Waals surface area contributed by atoms with E-state index in [9.17, 15) is 9.59 Å². The molecule has 1 N–H and O–H groups in total. The van der Waals surface area contributed by atoms with Gasteiger partial charge in [0.25, 0.3) is 0 Å². The third-order valence-corrected chi connectivity index (χ3v) is 5.90. The fourth-order valence-electron chi connectivity index (χ4n) is 4.05. The molecule has 2 aliphatic heterocycles. The van der Waals surface area contributed by atoms with E-state index < -0.39 is 0 Å². The van der Waals surface area contributed by atoms with Crippen LogP contribution in [0.5, 0.6) is 0 Å². The molecule has 2 saturated heterocycles. The van der Waals surface area contributed by atoms with Crippen LogP contribution in [-0.2, 0) is 16.1 Å². The predicted octanol–water partition coefficient (Wildman–Crippen LogP) is 3.22. The van der Waals surface area contributed by atoms with Crippen molar-refractivity contribution >= 4 is 34.8 Å². The Balaban J connectivity index is 1.22. The summed E-state index contributed by atoms with van der Waals surface area (Å²) in [6.07, 6.45) is 1.52. The van der Waals surface area contributed by atoms with Crippen molar-refractivity contribution in [1.29, 1.82) is 0 Å². The molecule has 0 atom stereocenters. The van der Waals surface area contributed by atoms with E-state index >= 15 is 0 Å². The highest BCUT2D eigenvalue weighted by Crippen LogP contribution is 2.23. The minimum atomic E-state index is -0.0108.